The molecule has 2 heterocycles. The van der Waals surface area contributed by atoms with Gasteiger partial charge in [-0.2, -0.15) is 13.2 Å². The molecule has 1 N–H and O–H groups in total. The van der Waals surface area contributed by atoms with Crippen LogP contribution in [0.2, 0.25) is 0 Å². The number of carbonyl (C=O) groups excluding carboxylic acids is 1. The topological polar surface area (TPSA) is 45.2 Å². The zero-order valence-electron chi connectivity index (χ0n) is 14.8. The Morgan fingerprint density at radius 1 is 1.11 bits per heavy atom. The summed E-state index contributed by atoms with van der Waals surface area (Å²) in [5, 5.41) is 3.04. The number of carbonyl (C=O) groups is 1. The number of nitrogens with zero attached hydrogens (tertiary/aromatic N) is 2. The Labute approximate surface area is 156 Å². The summed E-state index contributed by atoms with van der Waals surface area (Å²) in [6, 6.07) is 14.7. The summed E-state index contributed by atoms with van der Waals surface area (Å²) in [6.07, 6.45) is -1.68. The van der Waals surface area contributed by atoms with Gasteiger partial charge in [-0.05, 0) is 43.6 Å². The third kappa shape index (κ3) is 5.53. The van der Waals surface area contributed by atoms with Crippen LogP contribution in [-0.2, 0) is 4.79 Å². The van der Waals surface area contributed by atoms with Crippen LogP contribution in [0.4, 0.5) is 13.2 Å². The Bertz CT molecular complexity index is 690. The predicted octanol–water partition coefficient (Wildman–Crippen LogP) is 3.56. The summed E-state index contributed by atoms with van der Waals surface area (Å²) < 4.78 is 37.5. The van der Waals surface area contributed by atoms with Crippen molar-refractivity contribution in [2.45, 2.75) is 25.1 Å². The van der Waals surface area contributed by atoms with E-state index in [9.17, 15) is 18.0 Å². The van der Waals surface area contributed by atoms with E-state index in [1.807, 2.05) is 48.5 Å². The molecule has 144 valence electrons. The Balaban J connectivity index is 1.66. The van der Waals surface area contributed by atoms with E-state index in [-0.39, 0.29) is 31.0 Å². The molecule has 1 aromatic carbocycles. The van der Waals surface area contributed by atoms with Crippen molar-refractivity contribution >= 4 is 5.91 Å². The van der Waals surface area contributed by atoms with Crippen LogP contribution < -0.4 is 5.32 Å². The molecule has 1 amide bonds. The highest BCUT2D eigenvalue weighted by Gasteiger charge is 2.34. The number of rotatable bonds is 5. The van der Waals surface area contributed by atoms with Gasteiger partial charge in [-0.1, -0.05) is 36.4 Å². The lowest BCUT2D eigenvalue weighted by atomic mass is 9.94. The first kappa shape index (κ1) is 19.4. The lowest BCUT2D eigenvalue weighted by Gasteiger charge is -2.32. The molecule has 0 saturated carbocycles. The lowest BCUT2D eigenvalue weighted by Crippen LogP contribution is -2.44. The first-order chi connectivity index (χ1) is 12.9. The Morgan fingerprint density at radius 2 is 1.78 bits per heavy atom. The molecule has 1 atom stereocenters. The third-order valence-electron chi connectivity index (χ3n) is 4.76. The van der Waals surface area contributed by atoms with Gasteiger partial charge in [0.15, 0.2) is 0 Å². The van der Waals surface area contributed by atoms with Gasteiger partial charge in [0, 0.05) is 12.1 Å². The maximum atomic E-state index is 12.8. The van der Waals surface area contributed by atoms with Crippen LogP contribution in [-0.4, -0.2) is 41.6 Å². The number of aromatic nitrogens is 1. The Morgan fingerprint density at radius 3 is 2.37 bits per heavy atom. The number of halogens is 3. The average Bonchev–Trinajstić information content (AvgIpc) is 2.66. The van der Waals surface area contributed by atoms with Gasteiger partial charge in [0.05, 0.1) is 18.3 Å². The summed E-state index contributed by atoms with van der Waals surface area (Å²) in [7, 11) is 0. The molecule has 0 radical (unpaired) electrons. The molecule has 1 fully saturated rings. The van der Waals surface area contributed by atoms with Crippen molar-refractivity contribution in [1.82, 2.24) is 15.2 Å². The molecule has 3 rings (SSSR count). The normalized spacial score (nSPS) is 17.4. The van der Waals surface area contributed by atoms with Crippen LogP contribution in [0.1, 0.15) is 30.1 Å². The fourth-order valence-electron chi connectivity index (χ4n) is 3.39. The highest BCUT2D eigenvalue weighted by Crippen LogP contribution is 2.25. The van der Waals surface area contributed by atoms with Crippen molar-refractivity contribution in [3.8, 4) is 0 Å². The standard InChI is InChI=1S/C20H22F3N3O/c21-20(22,23)14-26-12-9-16(10-13-26)19(27)25-18(15-6-2-1-3-7-15)17-8-4-5-11-24-17/h1-8,11,16,18H,9-10,12-14H2,(H,25,27)/t18-/m0/s1. The number of hydrogen-bond acceptors (Lipinski definition) is 3. The van der Waals surface area contributed by atoms with Crippen LogP contribution in [0, 0.1) is 5.92 Å². The molecule has 4 nitrogen and oxygen atoms in total. The second-order valence-corrected chi connectivity index (χ2v) is 6.77. The van der Waals surface area contributed by atoms with E-state index < -0.39 is 12.7 Å². The lowest BCUT2D eigenvalue weighted by molar-refractivity contribution is -0.149. The second-order valence-electron chi connectivity index (χ2n) is 6.77. The van der Waals surface area contributed by atoms with Crippen molar-refractivity contribution < 1.29 is 18.0 Å². The Hall–Kier alpha value is -2.41. The van der Waals surface area contributed by atoms with E-state index >= 15 is 0 Å². The van der Waals surface area contributed by atoms with Crippen molar-refractivity contribution in [2.75, 3.05) is 19.6 Å². The quantitative estimate of drug-likeness (QED) is 0.867. The smallest absolute Gasteiger partial charge is 0.343 e. The minimum Gasteiger partial charge on any atom is -0.343 e. The zero-order valence-corrected chi connectivity index (χ0v) is 14.8. The summed E-state index contributed by atoms with van der Waals surface area (Å²) in [5.41, 5.74) is 1.64. The molecule has 1 saturated heterocycles. The molecule has 2 aromatic rings. The first-order valence-electron chi connectivity index (χ1n) is 8.98. The number of pyridine rings is 1. The van der Waals surface area contributed by atoms with E-state index in [2.05, 4.69) is 10.3 Å². The summed E-state index contributed by atoms with van der Waals surface area (Å²) >= 11 is 0. The van der Waals surface area contributed by atoms with E-state index in [1.165, 1.54) is 4.90 Å². The number of amides is 1. The molecule has 1 aromatic heterocycles. The van der Waals surface area contributed by atoms with Gasteiger partial charge in [0.25, 0.3) is 0 Å². The molecule has 0 aliphatic carbocycles. The Kier molecular flexibility index (Phi) is 6.11. The molecule has 1 aliphatic heterocycles. The molecule has 0 bridgehead atoms. The van der Waals surface area contributed by atoms with Crippen LogP contribution in [0.15, 0.2) is 54.7 Å². The third-order valence-corrected chi connectivity index (χ3v) is 4.76. The maximum Gasteiger partial charge on any atom is 0.401 e. The van der Waals surface area contributed by atoms with Crippen molar-refractivity contribution in [1.29, 1.82) is 0 Å². The van der Waals surface area contributed by atoms with Gasteiger partial charge in [0.1, 0.15) is 0 Å². The van der Waals surface area contributed by atoms with Crippen LogP contribution in [0.25, 0.3) is 0 Å². The highest BCUT2D eigenvalue weighted by atomic mass is 19.4. The van der Waals surface area contributed by atoms with Gasteiger partial charge in [-0.3, -0.25) is 14.7 Å². The largest absolute Gasteiger partial charge is 0.401 e. The van der Waals surface area contributed by atoms with Gasteiger partial charge < -0.3 is 5.32 Å². The minimum atomic E-state index is -4.20. The fraction of sp³-hybridized carbons (Fsp3) is 0.400. The van der Waals surface area contributed by atoms with Crippen LogP contribution in [0.5, 0.6) is 0 Å². The minimum absolute atomic E-state index is 0.138. The van der Waals surface area contributed by atoms with Gasteiger partial charge in [0.2, 0.25) is 5.91 Å². The summed E-state index contributed by atoms with van der Waals surface area (Å²) in [5.74, 6) is -0.425. The molecule has 7 heteroatoms. The number of benzene rings is 1. The number of piperidine rings is 1. The van der Waals surface area contributed by atoms with E-state index in [0.29, 0.717) is 12.8 Å². The monoisotopic (exact) mass is 377 g/mol. The van der Waals surface area contributed by atoms with Crippen LogP contribution >= 0.6 is 0 Å². The summed E-state index contributed by atoms with van der Waals surface area (Å²) in [6.45, 7) is -0.365. The van der Waals surface area contributed by atoms with Crippen molar-refractivity contribution in [3.63, 3.8) is 0 Å². The van der Waals surface area contributed by atoms with E-state index in [0.717, 1.165) is 11.3 Å². The van der Waals surface area contributed by atoms with Gasteiger partial charge >= 0.3 is 6.18 Å². The molecule has 1 aliphatic rings. The highest BCUT2D eigenvalue weighted by molar-refractivity contribution is 5.79. The molecular weight excluding hydrogens is 355 g/mol. The van der Waals surface area contributed by atoms with Crippen molar-refractivity contribution in [2.24, 2.45) is 5.92 Å². The van der Waals surface area contributed by atoms with Crippen LogP contribution in [0.3, 0.4) is 0 Å². The maximum absolute atomic E-state index is 12.8. The van der Waals surface area contributed by atoms with Gasteiger partial charge in [-0.15, -0.1) is 0 Å². The first-order valence-corrected chi connectivity index (χ1v) is 8.98. The molecular formula is C20H22F3N3O. The number of alkyl halides is 3. The second kappa shape index (κ2) is 8.52. The fourth-order valence-corrected chi connectivity index (χ4v) is 3.39. The molecule has 0 spiro atoms. The number of likely N-dealkylation sites (tertiary alicyclic amines) is 1. The van der Waals surface area contributed by atoms with E-state index in [1.54, 1.807) is 6.20 Å². The molecule has 0 unspecified atom stereocenters. The number of nitrogens with one attached hydrogen (secondary N) is 1. The van der Waals surface area contributed by atoms with E-state index in [4.69, 9.17) is 0 Å². The number of hydrogen-bond donors (Lipinski definition) is 1. The van der Waals surface area contributed by atoms with Crippen molar-refractivity contribution in [3.05, 3.63) is 66.0 Å². The SMILES string of the molecule is O=C(N[C@@H](c1ccccc1)c1ccccn1)C1CCN(CC(F)(F)F)CC1. The zero-order chi connectivity index (χ0) is 19.3. The predicted molar refractivity (Wildman–Crippen MR) is 95.9 cm³/mol. The van der Waals surface area contributed by atoms with Gasteiger partial charge in [-0.25, -0.2) is 0 Å². The summed E-state index contributed by atoms with van der Waals surface area (Å²) in [4.78, 5) is 18.5. The average molecular weight is 377 g/mol. The molecule has 27 heavy (non-hydrogen) atoms.